The molecule has 2 rings (SSSR count). The highest BCUT2D eigenvalue weighted by Gasteiger charge is 2.38. The second-order valence-electron chi connectivity index (χ2n) is 5.96. The lowest BCUT2D eigenvalue weighted by Gasteiger charge is -2.31. The number of halogens is 1. The smallest absolute Gasteiger partial charge is 0.233 e. The normalized spacial score (nSPS) is 25.4. The molecule has 2 aliphatic carbocycles. The average Bonchev–Trinajstić information content (AvgIpc) is 2.75. The van der Waals surface area contributed by atoms with Gasteiger partial charge in [0, 0.05) is 16.1 Å². The largest absolute Gasteiger partial charge is 0.378 e. The van der Waals surface area contributed by atoms with Crippen LogP contribution in [0.5, 0.6) is 0 Å². The Morgan fingerprint density at radius 2 is 1.67 bits per heavy atom. The minimum Gasteiger partial charge on any atom is -0.378 e. The van der Waals surface area contributed by atoms with E-state index in [0.29, 0.717) is 12.7 Å². The number of hydrogen-bond acceptors (Lipinski definition) is 3. The van der Waals surface area contributed by atoms with E-state index in [9.17, 15) is 8.42 Å². The third kappa shape index (κ3) is 4.39. The first kappa shape index (κ1) is 14.6. The molecule has 0 amide bonds. The molecule has 2 aliphatic rings. The Morgan fingerprint density at radius 1 is 1.06 bits per heavy atom. The van der Waals surface area contributed by atoms with Gasteiger partial charge in [-0.05, 0) is 25.7 Å². The lowest BCUT2D eigenvalue weighted by molar-refractivity contribution is -0.0170. The van der Waals surface area contributed by atoms with E-state index in [2.05, 4.69) is 0 Å². The molecule has 2 fully saturated rings. The summed E-state index contributed by atoms with van der Waals surface area (Å²) in [5.41, 5.74) is -0.210. The second-order valence-corrected chi connectivity index (χ2v) is 8.74. The summed E-state index contributed by atoms with van der Waals surface area (Å²) in [4.78, 5) is 0. The van der Waals surface area contributed by atoms with Crippen LogP contribution in [0.15, 0.2) is 0 Å². The molecule has 0 radical (unpaired) electrons. The van der Waals surface area contributed by atoms with Gasteiger partial charge < -0.3 is 4.74 Å². The zero-order valence-electron chi connectivity index (χ0n) is 10.9. The van der Waals surface area contributed by atoms with Gasteiger partial charge in [0.1, 0.15) is 0 Å². The van der Waals surface area contributed by atoms with Crippen molar-refractivity contribution in [2.45, 2.75) is 63.9 Å². The fourth-order valence-electron chi connectivity index (χ4n) is 3.35. The minimum absolute atomic E-state index is 0.0777. The predicted molar refractivity (Wildman–Crippen MR) is 73.4 cm³/mol. The molecule has 0 atom stereocenters. The molecule has 2 saturated carbocycles. The van der Waals surface area contributed by atoms with E-state index in [0.717, 1.165) is 38.5 Å². The summed E-state index contributed by atoms with van der Waals surface area (Å²) < 4.78 is 28.7. The van der Waals surface area contributed by atoms with Crippen LogP contribution in [0.1, 0.15) is 57.8 Å². The topological polar surface area (TPSA) is 43.4 Å². The van der Waals surface area contributed by atoms with Gasteiger partial charge in [-0.3, -0.25) is 0 Å². The maximum atomic E-state index is 11.4. The van der Waals surface area contributed by atoms with Crippen LogP contribution in [0.3, 0.4) is 0 Å². The number of ether oxygens (including phenoxy) is 1. The third-order valence-electron chi connectivity index (χ3n) is 4.32. The van der Waals surface area contributed by atoms with Gasteiger partial charge in [-0.25, -0.2) is 8.42 Å². The Bertz CT molecular complexity index is 354. The highest BCUT2D eigenvalue weighted by molar-refractivity contribution is 8.13. The fraction of sp³-hybridized carbons (Fsp3) is 1.00. The van der Waals surface area contributed by atoms with Crippen molar-refractivity contribution in [1.29, 1.82) is 0 Å². The first-order chi connectivity index (χ1) is 8.49. The van der Waals surface area contributed by atoms with Crippen molar-refractivity contribution >= 4 is 19.7 Å². The molecular formula is C13H23ClO3S. The third-order valence-corrected chi connectivity index (χ3v) is 5.60. The van der Waals surface area contributed by atoms with Crippen molar-refractivity contribution in [2.75, 3.05) is 12.4 Å². The van der Waals surface area contributed by atoms with E-state index in [1.807, 2.05) is 0 Å². The molecule has 0 saturated heterocycles. The molecule has 0 bridgehead atoms. The lowest BCUT2D eigenvalue weighted by atomic mass is 9.89. The molecule has 0 N–H and O–H groups in total. The first-order valence-electron chi connectivity index (χ1n) is 7.03. The average molecular weight is 295 g/mol. The molecule has 0 aliphatic heterocycles. The quantitative estimate of drug-likeness (QED) is 0.729. The maximum absolute atomic E-state index is 11.4. The van der Waals surface area contributed by atoms with Crippen molar-refractivity contribution in [3.05, 3.63) is 0 Å². The van der Waals surface area contributed by atoms with Crippen LogP contribution in [0, 0.1) is 5.41 Å². The molecule has 106 valence electrons. The van der Waals surface area contributed by atoms with Gasteiger partial charge in [-0.1, -0.05) is 32.1 Å². The fourth-order valence-corrected chi connectivity index (χ4v) is 5.15. The van der Waals surface area contributed by atoms with Crippen molar-refractivity contribution in [1.82, 2.24) is 0 Å². The molecule has 18 heavy (non-hydrogen) atoms. The van der Waals surface area contributed by atoms with E-state index < -0.39 is 9.05 Å². The predicted octanol–water partition coefficient (Wildman–Crippen LogP) is 3.46. The summed E-state index contributed by atoms with van der Waals surface area (Å²) in [7, 11) is 2.01. The Hall–Kier alpha value is 0.200. The van der Waals surface area contributed by atoms with E-state index in [-0.39, 0.29) is 11.2 Å². The Labute approximate surface area is 115 Å². The molecule has 0 aromatic heterocycles. The van der Waals surface area contributed by atoms with Gasteiger partial charge in [0.15, 0.2) is 0 Å². The number of hydrogen-bond donors (Lipinski definition) is 0. The summed E-state index contributed by atoms with van der Waals surface area (Å²) in [5, 5.41) is 0. The zero-order valence-corrected chi connectivity index (χ0v) is 12.4. The Morgan fingerprint density at radius 3 is 2.22 bits per heavy atom. The van der Waals surface area contributed by atoms with Gasteiger partial charge in [-0.15, -0.1) is 0 Å². The zero-order chi connectivity index (χ0) is 13.1. The van der Waals surface area contributed by atoms with Crippen LogP contribution in [0.2, 0.25) is 0 Å². The summed E-state index contributed by atoms with van der Waals surface area (Å²) in [5.74, 6) is 0.0777. The molecule has 0 heterocycles. The molecule has 0 aromatic carbocycles. The summed E-state index contributed by atoms with van der Waals surface area (Å²) >= 11 is 0. The minimum atomic E-state index is -3.43. The van der Waals surface area contributed by atoms with Crippen LogP contribution in [-0.4, -0.2) is 26.9 Å². The maximum Gasteiger partial charge on any atom is 0.233 e. The van der Waals surface area contributed by atoms with Crippen molar-refractivity contribution in [3.63, 3.8) is 0 Å². The molecule has 5 heteroatoms. The van der Waals surface area contributed by atoms with E-state index in [1.54, 1.807) is 0 Å². The Kier molecular flexibility index (Phi) is 4.95. The molecule has 0 unspecified atom stereocenters. The van der Waals surface area contributed by atoms with Crippen LogP contribution in [0.25, 0.3) is 0 Å². The molecule has 0 aromatic rings. The summed E-state index contributed by atoms with van der Waals surface area (Å²) in [6.07, 6.45) is 10.5. The van der Waals surface area contributed by atoms with E-state index in [4.69, 9.17) is 15.4 Å². The SMILES string of the molecule is O=S(=O)(Cl)CC1(COC2CCCCC2)CCCC1. The van der Waals surface area contributed by atoms with E-state index in [1.165, 1.54) is 19.3 Å². The van der Waals surface area contributed by atoms with Crippen molar-refractivity contribution < 1.29 is 13.2 Å². The van der Waals surface area contributed by atoms with Gasteiger partial charge in [0.25, 0.3) is 0 Å². The molecule has 0 spiro atoms. The standard InChI is InChI=1S/C13H23ClO3S/c14-18(15,16)11-13(8-4-5-9-13)10-17-12-6-2-1-3-7-12/h12H,1-11H2. The van der Waals surface area contributed by atoms with Crippen LogP contribution < -0.4 is 0 Å². The van der Waals surface area contributed by atoms with E-state index >= 15 is 0 Å². The van der Waals surface area contributed by atoms with Crippen LogP contribution >= 0.6 is 10.7 Å². The highest BCUT2D eigenvalue weighted by atomic mass is 35.7. The van der Waals surface area contributed by atoms with Gasteiger partial charge in [0.2, 0.25) is 9.05 Å². The first-order valence-corrected chi connectivity index (χ1v) is 9.51. The van der Waals surface area contributed by atoms with Gasteiger partial charge in [-0.2, -0.15) is 0 Å². The molecular weight excluding hydrogens is 272 g/mol. The van der Waals surface area contributed by atoms with Crippen molar-refractivity contribution in [3.8, 4) is 0 Å². The summed E-state index contributed by atoms with van der Waals surface area (Å²) in [6.45, 7) is 0.573. The Balaban J connectivity index is 1.89. The van der Waals surface area contributed by atoms with Gasteiger partial charge in [0.05, 0.1) is 18.5 Å². The highest BCUT2D eigenvalue weighted by Crippen LogP contribution is 2.41. The van der Waals surface area contributed by atoms with Crippen LogP contribution in [-0.2, 0) is 13.8 Å². The second kappa shape index (κ2) is 6.10. The molecule has 3 nitrogen and oxygen atoms in total. The van der Waals surface area contributed by atoms with Gasteiger partial charge >= 0.3 is 0 Å². The monoisotopic (exact) mass is 294 g/mol. The number of rotatable bonds is 5. The lowest BCUT2D eigenvalue weighted by Crippen LogP contribution is -2.33. The van der Waals surface area contributed by atoms with Crippen molar-refractivity contribution in [2.24, 2.45) is 5.41 Å². The van der Waals surface area contributed by atoms with Crippen LogP contribution in [0.4, 0.5) is 0 Å². The summed E-state index contributed by atoms with van der Waals surface area (Å²) in [6, 6.07) is 0.